The molecule has 1 fully saturated rings. The van der Waals surface area contributed by atoms with Gasteiger partial charge in [-0.2, -0.15) is 5.26 Å². The summed E-state index contributed by atoms with van der Waals surface area (Å²) in [5.41, 5.74) is 1.96. The maximum absolute atomic E-state index is 12.2. The summed E-state index contributed by atoms with van der Waals surface area (Å²) in [4.78, 5) is 14.5. The first-order valence-corrected chi connectivity index (χ1v) is 10.6. The summed E-state index contributed by atoms with van der Waals surface area (Å²) in [6.07, 6.45) is 1.40. The monoisotopic (exact) mass is 440 g/mol. The smallest absolute Gasteiger partial charge is 0.283 e. The predicted molar refractivity (Wildman–Crippen MR) is 119 cm³/mol. The maximum Gasteiger partial charge on any atom is 0.283 e. The van der Waals surface area contributed by atoms with Crippen LogP contribution in [0.15, 0.2) is 59.4 Å². The van der Waals surface area contributed by atoms with Gasteiger partial charge >= 0.3 is 0 Å². The molecule has 5 nitrogen and oxygen atoms in total. The van der Waals surface area contributed by atoms with E-state index in [2.05, 4.69) is 16.1 Å². The molecule has 1 aliphatic heterocycles. The fourth-order valence-corrected chi connectivity index (χ4v) is 4.80. The van der Waals surface area contributed by atoms with Crippen LogP contribution < -0.4 is 5.56 Å². The van der Waals surface area contributed by atoms with Gasteiger partial charge in [0.05, 0.1) is 23.2 Å². The third-order valence-electron chi connectivity index (χ3n) is 6.06. The van der Waals surface area contributed by atoms with E-state index in [1.165, 1.54) is 0 Å². The standard InChI is InChI=1S/C23H22Cl2N4O/c1-28-21(19(25)22(30)27-28)20(16-7-9-18(24)10-8-16)29-13-11-23(15-26,12-14-29)17-5-3-2-4-6-17/h2-10,20H,11-14H2,1H3,(H,27,30). The van der Waals surface area contributed by atoms with Crippen LogP contribution in [0.1, 0.15) is 35.7 Å². The number of benzene rings is 2. The molecule has 7 heteroatoms. The molecule has 1 atom stereocenters. The van der Waals surface area contributed by atoms with Crippen LogP contribution in [-0.4, -0.2) is 27.8 Å². The van der Waals surface area contributed by atoms with Crippen molar-refractivity contribution in [2.45, 2.75) is 24.3 Å². The number of likely N-dealkylation sites (tertiary alicyclic amines) is 1. The molecule has 1 N–H and O–H groups in total. The Bertz CT molecular complexity index is 1120. The fourth-order valence-electron chi connectivity index (χ4n) is 4.40. The zero-order valence-electron chi connectivity index (χ0n) is 16.6. The number of halogens is 2. The van der Waals surface area contributed by atoms with Crippen molar-refractivity contribution in [3.05, 3.63) is 91.8 Å². The van der Waals surface area contributed by atoms with Gasteiger partial charge in [0.15, 0.2) is 0 Å². The van der Waals surface area contributed by atoms with E-state index in [-0.39, 0.29) is 16.6 Å². The number of nitriles is 1. The second kappa shape index (κ2) is 8.31. The van der Waals surface area contributed by atoms with Gasteiger partial charge in [0.1, 0.15) is 5.02 Å². The number of piperidine rings is 1. The van der Waals surface area contributed by atoms with Crippen LogP contribution in [0.2, 0.25) is 10.0 Å². The molecule has 2 aromatic carbocycles. The number of rotatable bonds is 4. The van der Waals surface area contributed by atoms with Gasteiger partial charge in [0.2, 0.25) is 0 Å². The highest BCUT2D eigenvalue weighted by Gasteiger charge is 2.40. The van der Waals surface area contributed by atoms with Gasteiger partial charge in [-0.1, -0.05) is 65.7 Å². The van der Waals surface area contributed by atoms with Gasteiger partial charge in [-0.15, -0.1) is 0 Å². The lowest BCUT2D eigenvalue weighted by molar-refractivity contribution is 0.148. The minimum atomic E-state index is -0.504. The van der Waals surface area contributed by atoms with Gasteiger partial charge in [-0.05, 0) is 36.1 Å². The lowest BCUT2D eigenvalue weighted by Gasteiger charge is -2.41. The number of aromatic amines is 1. The molecule has 0 saturated carbocycles. The normalized spacial score (nSPS) is 17.4. The topological polar surface area (TPSA) is 64.8 Å². The van der Waals surface area contributed by atoms with E-state index in [0.29, 0.717) is 36.6 Å². The van der Waals surface area contributed by atoms with Crippen molar-refractivity contribution in [2.75, 3.05) is 13.1 Å². The van der Waals surface area contributed by atoms with Crippen LogP contribution in [0.3, 0.4) is 0 Å². The van der Waals surface area contributed by atoms with Crippen molar-refractivity contribution in [3.63, 3.8) is 0 Å². The Labute approximate surface area is 185 Å². The highest BCUT2D eigenvalue weighted by molar-refractivity contribution is 6.31. The highest BCUT2D eigenvalue weighted by Crippen LogP contribution is 2.40. The zero-order valence-corrected chi connectivity index (χ0v) is 18.1. The summed E-state index contributed by atoms with van der Waals surface area (Å²) in [7, 11) is 1.79. The van der Waals surface area contributed by atoms with Crippen LogP contribution >= 0.6 is 23.2 Å². The Balaban J connectivity index is 1.70. The first-order valence-electron chi connectivity index (χ1n) is 9.86. The van der Waals surface area contributed by atoms with Crippen LogP contribution in [0.5, 0.6) is 0 Å². The minimum absolute atomic E-state index is 0.192. The fraction of sp³-hybridized carbons (Fsp3) is 0.304. The second-order valence-corrected chi connectivity index (χ2v) is 8.56. The van der Waals surface area contributed by atoms with Crippen molar-refractivity contribution in [2.24, 2.45) is 7.05 Å². The third-order valence-corrected chi connectivity index (χ3v) is 6.67. The molecule has 30 heavy (non-hydrogen) atoms. The van der Waals surface area contributed by atoms with Crippen LogP contribution in [-0.2, 0) is 12.5 Å². The average molecular weight is 441 g/mol. The quantitative estimate of drug-likeness (QED) is 0.640. The molecule has 1 saturated heterocycles. The number of nitrogens with one attached hydrogen (secondary N) is 1. The molecule has 0 radical (unpaired) electrons. The summed E-state index contributed by atoms with van der Waals surface area (Å²) in [5.74, 6) is 0. The highest BCUT2D eigenvalue weighted by atomic mass is 35.5. The lowest BCUT2D eigenvalue weighted by atomic mass is 9.73. The molecule has 4 rings (SSSR count). The Morgan fingerprint density at radius 2 is 1.70 bits per heavy atom. The van der Waals surface area contributed by atoms with Crippen LogP contribution in [0, 0.1) is 11.3 Å². The van der Waals surface area contributed by atoms with E-state index in [4.69, 9.17) is 23.2 Å². The summed E-state index contributed by atoms with van der Waals surface area (Å²) < 4.78 is 1.69. The number of nitrogens with zero attached hydrogens (tertiary/aromatic N) is 3. The zero-order chi connectivity index (χ0) is 21.3. The molecule has 1 aromatic heterocycles. The van der Waals surface area contributed by atoms with Crippen molar-refractivity contribution >= 4 is 23.2 Å². The Morgan fingerprint density at radius 1 is 1.07 bits per heavy atom. The number of hydrogen-bond acceptors (Lipinski definition) is 3. The average Bonchev–Trinajstić information content (AvgIpc) is 3.03. The van der Waals surface area contributed by atoms with E-state index >= 15 is 0 Å². The van der Waals surface area contributed by atoms with E-state index < -0.39 is 5.41 Å². The van der Waals surface area contributed by atoms with Crippen molar-refractivity contribution in [3.8, 4) is 6.07 Å². The lowest BCUT2D eigenvalue weighted by Crippen LogP contribution is -2.44. The molecule has 2 heterocycles. The largest absolute Gasteiger partial charge is 0.291 e. The van der Waals surface area contributed by atoms with Crippen molar-refractivity contribution < 1.29 is 0 Å². The summed E-state index contributed by atoms with van der Waals surface area (Å²) >= 11 is 12.5. The van der Waals surface area contributed by atoms with Gasteiger partial charge < -0.3 is 0 Å². The molecular formula is C23H22Cl2N4O. The van der Waals surface area contributed by atoms with Gasteiger partial charge in [0.25, 0.3) is 5.56 Å². The van der Waals surface area contributed by atoms with E-state index in [1.54, 1.807) is 11.7 Å². The predicted octanol–water partition coefficient (Wildman–Crippen LogP) is 4.67. The van der Waals surface area contributed by atoms with E-state index in [1.807, 2.05) is 54.6 Å². The molecule has 1 aliphatic rings. The maximum atomic E-state index is 12.2. The molecule has 1 unspecified atom stereocenters. The summed E-state index contributed by atoms with van der Waals surface area (Å²) in [6.45, 7) is 1.40. The van der Waals surface area contributed by atoms with E-state index in [9.17, 15) is 10.1 Å². The molecule has 0 spiro atoms. The molecular weight excluding hydrogens is 419 g/mol. The number of H-pyrrole nitrogens is 1. The Kier molecular flexibility index (Phi) is 5.75. The second-order valence-electron chi connectivity index (χ2n) is 7.75. The Morgan fingerprint density at radius 3 is 2.23 bits per heavy atom. The van der Waals surface area contributed by atoms with E-state index in [0.717, 1.165) is 11.1 Å². The Hall–Kier alpha value is -2.52. The number of aromatic nitrogens is 2. The minimum Gasteiger partial charge on any atom is -0.291 e. The molecule has 0 bridgehead atoms. The molecule has 0 aliphatic carbocycles. The number of hydrogen-bond donors (Lipinski definition) is 1. The third kappa shape index (κ3) is 3.67. The molecule has 154 valence electrons. The van der Waals surface area contributed by atoms with Crippen LogP contribution in [0.25, 0.3) is 0 Å². The van der Waals surface area contributed by atoms with Crippen molar-refractivity contribution in [1.29, 1.82) is 5.26 Å². The molecule has 3 aromatic rings. The van der Waals surface area contributed by atoms with Crippen LogP contribution in [0.4, 0.5) is 0 Å². The van der Waals surface area contributed by atoms with Crippen molar-refractivity contribution in [1.82, 2.24) is 14.7 Å². The first-order chi connectivity index (χ1) is 14.4. The van der Waals surface area contributed by atoms with Gasteiger partial charge in [-0.3, -0.25) is 19.5 Å². The summed E-state index contributed by atoms with van der Waals surface area (Å²) in [5, 5.41) is 13.6. The van der Waals surface area contributed by atoms with Gasteiger partial charge in [0, 0.05) is 25.2 Å². The number of aryl methyl sites for hydroxylation is 1. The molecule has 0 amide bonds. The summed E-state index contributed by atoms with van der Waals surface area (Å²) in [6, 6.07) is 20.0. The first kappa shape index (κ1) is 20.7. The SMILES string of the molecule is Cn1[nH]c(=O)c(Cl)c1C(c1ccc(Cl)cc1)N1CCC(C#N)(c2ccccc2)CC1. The van der Waals surface area contributed by atoms with Gasteiger partial charge in [-0.25, -0.2) is 0 Å².